The molecule has 0 amide bonds. The van der Waals surface area contributed by atoms with E-state index in [0.717, 1.165) is 78.0 Å². The number of rotatable bonds is 10. The van der Waals surface area contributed by atoms with Crippen molar-refractivity contribution in [2.24, 2.45) is 0 Å². The van der Waals surface area contributed by atoms with Gasteiger partial charge in [0.05, 0.1) is 23.5 Å². The minimum atomic E-state index is 0.135. The number of nitrogens with two attached hydrogens (primary N) is 1. The highest BCUT2D eigenvalue weighted by molar-refractivity contribution is 9.10. The fraction of sp³-hybridized carbons (Fsp3) is 0.417. The number of aromatic nitrogens is 1. The molecule has 4 rings (SSSR count). The van der Waals surface area contributed by atoms with E-state index in [2.05, 4.69) is 25.8 Å². The van der Waals surface area contributed by atoms with Crippen LogP contribution in [0, 0.1) is 0 Å². The van der Waals surface area contributed by atoms with E-state index < -0.39 is 0 Å². The van der Waals surface area contributed by atoms with Crippen molar-refractivity contribution >= 4 is 49.0 Å². The lowest BCUT2D eigenvalue weighted by Gasteiger charge is -2.26. The molecule has 0 saturated carbocycles. The second-order valence-electron chi connectivity index (χ2n) is 7.95. The van der Waals surface area contributed by atoms with Gasteiger partial charge in [0.15, 0.2) is 5.78 Å². The van der Waals surface area contributed by atoms with Gasteiger partial charge in [0.1, 0.15) is 18.2 Å². The lowest BCUT2D eigenvalue weighted by atomic mass is 10.0. The van der Waals surface area contributed by atoms with Crippen molar-refractivity contribution in [3.8, 4) is 5.75 Å². The van der Waals surface area contributed by atoms with Crippen molar-refractivity contribution in [2.75, 3.05) is 38.6 Å². The first kappa shape index (κ1) is 23.2. The average molecular weight is 518 g/mol. The molecule has 3 heterocycles. The zero-order chi connectivity index (χ0) is 22.3. The summed E-state index contributed by atoms with van der Waals surface area (Å²) >= 11 is 4.96. The Morgan fingerprint density at radius 3 is 2.75 bits per heavy atom. The Morgan fingerprint density at radius 1 is 1.19 bits per heavy atom. The molecule has 1 aliphatic heterocycles. The maximum atomic E-state index is 12.9. The normalized spacial score (nSPS) is 14.7. The molecule has 170 valence electrons. The average Bonchev–Trinajstić information content (AvgIpc) is 3.24. The Bertz CT molecular complexity index is 1050. The van der Waals surface area contributed by atoms with E-state index in [1.165, 1.54) is 11.3 Å². The summed E-state index contributed by atoms with van der Waals surface area (Å²) in [5, 5.41) is 2.85. The molecule has 0 atom stereocenters. The number of anilines is 1. The summed E-state index contributed by atoms with van der Waals surface area (Å²) in [5.74, 6) is 1.36. The molecular formula is C24H28BrN3O3S. The Balaban J connectivity index is 1.34. The number of ether oxygens (including phenoxy) is 2. The number of thiophene rings is 1. The third-order valence-corrected chi connectivity index (χ3v) is 7.28. The van der Waals surface area contributed by atoms with Crippen molar-refractivity contribution in [1.29, 1.82) is 0 Å². The van der Waals surface area contributed by atoms with Crippen LogP contribution < -0.4 is 10.5 Å². The molecule has 1 fully saturated rings. The van der Waals surface area contributed by atoms with Crippen molar-refractivity contribution in [3.63, 3.8) is 0 Å². The van der Waals surface area contributed by atoms with E-state index in [1.54, 1.807) is 6.20 Å². The number of unbranched alkanes of at least 4 members (excludes halogenated alkanes) is 2. The summed E-state index contributed by atoms with van der Waals surface area (Å²) in [4.78, 5) is 19.7. The first-order chi connectivity index (χ1) is 15.6. The molecule has 32 heavy (non-hydrogen) atoms. The largest absolute Gasteiger partial charge is 0.489 e. The molecule has 2 aromatic heterocycles. The standard InChI is InChI=1S/C24H28BrN3O3S/c25-18-5-7-19(8-6-18)31-15-17-16-32-23-20(14-27-24(26)22(17)23)21(29)4-2-1-3-9-28-10-12-30-13-11-28/h5-8,14,16H,1-4,9-13,15H2,(H2,26,27). The number of hydrogen-bond donors (Lipinski definition) is 1. The lowest BCUT2D eigenvalue weighted by molar-refractivity contribution is 0.0371. The predicted octanol–water partition coefficient (Wildman–Crippen LogP) is 5.30. The highest BCUT2D eigenvalue weighted by atomic mass is 79.9. The zero-order valence-corrected chi connectivity index (χ0v) is 20.4. The second kappa shape index (κ2) is 11.2. The molecule has 0 spiro atoms. The Hall–Kier alpha value is -2.00. The fourth-order valence-electron chi connectivity index (χ4n) is 3.88. The first-order valence-electron chi connectivity index (χ1n) is 11.0. The van der Waals surface area contributed by atoms with Crippen LogP contribution in [0.2, 0.25) is 0 Å². The molecule has 0 bridgehead atoms. The van der Waals surface area contributed by atoms with Gasteiger partial charge in [-0.25, -0.2) is 4.98 Å². The van der Waals surface area contributed by atoms with Crippen molar-refractivity contribution < 1.29 is 14.3 Å². The smallest absolute Gasteiger partial charge is 0.165 e. The van der Waals surface area contributed by atoms with Crippen LogP contribution in [-0.2, 0) is 11.3 Å². The Morgan fingerprint density at radius 2 is 1.97 bits per heavy atom. The fourth-order valence-corrected chi connectivity index (χ4v) is 5.24. The maximum absolute atomic E-state index is 12.9. The van der Waals surface area contributed by atoms with Crippen LogP contribution in [0.25, 0.3) is 10.1 Å². The summed E-state index contributed by atoms with van der Waals surface area (Å²) in [6, 6.07) is 7.70. The van der Waals surface area contributed by atoms with E-state index in [1.807, 2.05) is 29.6 Å². The molecule has 6 nitrogen and oxygen atoms in total. The SMILES string of the molecule is Nc1ncc(C(=O)CCCCCN2CCOCC2)c2scc(COc3ccc(Br)cc3)c12. The summed E-state index contributed by atoms with van der Waals surface area (Å²) < 4.78 is 13.2. The molecule has 1 aliphatic rings. The van der Waals surface area contributed by atoms with Gasteiger partial charge in [0.2, 0.25) is 0 Å². The summed E-state index contributed by atoms with van der Waals surface area (Å²) in [7, 11) is 0. The molecule has 3 aromatic rings. The summed E-state index contributed by atoms with van der Waals surface area (Å²) in [5.41, 5.74) is 7.80. The number of carbonyl (C=O) groups excluding carboxylic acids is 1. The number of halogens is 1. The molecule has 1 saturated heterocycles. The molecule has 8 heteroatoms. The molecule has 0 aliphatic carbocycles. The van der Waals surface area contributed by atoms with Crippen molar-refractivity contribution in [3.05, 3.63) is 51.4 Å². The van der Waals surface area contributed by atoms with Gasteiger partial charge in [-0.3, -0.25) is 9.69 Å². The van der Waals surface area contributed by atoms with Crippen LogP contribution in [0.3, 0.4) is 0 Å². The molecule has 1 aromatic carbocycles. The summed E-state index contributed by atoms with van der Waals surface area (Å²) in [6.07, 6.45) is 5.21. The second-order valence-corrected chi connectivity index (χ2v) is 9.75. The van der Waals surface area contributed by atoms with Crippen LogP contribution in [0.15, 0.2) is 40.3 Å². The Labute approximate surface area is 200 Å². The van der Waals surface area contributed by atoms with E-state index in [9.17, 15) is 4.79 Å². The van der Waals surface area contributed by atoms with Crippen LogP contribution in [0.1, 0.15) is 41.6 Å². The van der Waals surface area contributed by atoms with Crippen molar-refractivity contribution in [2.45, 2.75) is 32.3 Å². The van der Waals surface area contributed by atoms with Gasteiger partial charge in [-0.05, 0) is 49.0 Å². The lowest BCUT2D eigenvalue weighted by Crippen LogP contribution is -2.36. The number of fused-ring (bicyclic) bond motifs is 1. The number of nitrogens with zero attached hydrogens (tertiary/aromatic N) is 2. The van der Waals surface area contributed by atoms with Gasteiger partial charge in [-0.2, -0.15) is 0 Å². The third-order valence-electron chi connectivity index (χ3n) is 5.69. The van der Waals surface area contributed by atoms with Gasteiger partial charge in [-0.15, -0.1) is 11.3 Å². The number of morpholine rings is 1. The predicted molar refractivity (Wildman–Crippen MR) is 133 cm³/mol. The topological polar surface area (TPSA) is 77.7 Å². The first-order valence-corrected chi connectivity index (χ1v) is 12.7. The van der Waals surface area contributed by atoms with E-state index in [0.29, 0.717) is 24.4 Å². The van der Waals surface area contributed by atoms with E-state index in [-0.39, 0.29) is 5.78 Å². The molecule has 2 N–H and O–H groups in total. The quantitative estimate of drug-likeness (QED) is 0.290. The molecular weight excluding hydrogens is 490 g/mol. The number of carbonyl (C=O) groups is 1. The highest BCUT2D eigenvalue weighted by Crippen LogP contribution is 2.34. The minimum absolute atomic E-state index is 0.135. The van der Waals surface area contributed by atoms with Crippen LogP contribution >= 0.6 is 27.3 Å². The zero-order valence-electron chi connectivity index (χ0n) is 18.0. The number of nitrogen functional groups attached to an aromatic ring is 1. The highest BCUT2D eigenvalue weighted by Gasteiger charge is 2.18. The van der Waals surface area contributed by atoms with Crippen molar-refractivity contribution in [1.82, 2.24) is 9.88 Å². The van der Waals surface area contributed by atoms with Gasteiger partial charge in [0.25, 0.3) is 0 Å². The number of benzene rings is 1. The Kier molecular flexibility index (Phi) is 8.13. The van der Waals surface area contributed by atoms with Crippen LogP contribution in [-0.4, -0.2) is 48.5 Å². The van der Waals surface area contributed by atoms with Crippen LogP contribution in [0.5, 0.6) is 5.75 Å². The maximum Gasteiger partial charge on any atom is 0.165 e. The number of pyridine rings is 1. The van der Waals surface area contributed by atoms with Crippen LogP contribution in [0.4, 0.5) is 5.82 Å². The van der Waals surface area contributed by atoms with Gasteiger partial charge < -0.3 is 15.2 Å². The van der Waals surface area contributed by atoms with Gasteiger partial charge in [0, 0.05) is 41.1 Å². The van der Waals surface area contributed by atoms with E-state index >= 15 is 0 Å². The molecule has 0 unspecified atom stereocenters. The van der Waals surface area contributed by atoms with E-state index in [4.69, 9.17) is 15.2 Å². The number of ketones is 1. The number of Topliss-reactive ketones (excluding diaryl/α,β-unsaturated/α-hetero) is 1. The van der Waals surface area contributed by atoms with Gasteiger partial charge >= 0.3 is 0 Å². The third kappa shape index (κ3) is 5.86. The summed E-state index contributed by atoms with van der Waals surface area (Å²) in [6.45, 7) is 5.15. The van der Waals surface area contributed by atoms with Gasteiger partial charge in [-0.1, -0.05) is 22.4 Å². The monoisotopic (exact) mass is 517 g/mol. The molecule has 0 radical (unpaired) electrons. The minimum Gasteiger partial charge on any atom is -0.489 e. The number of hydrogen-bond acceptors (Lipinski definition) is 7.